The first kappa shape index (κ1) is 19.9. The molecule has 0 atom stereocenters. The maximum absolute atomic E-state index is 13.5. The van der Waals surface area contributed by atoms with Gasteiger partial charge in [-0.2, -0.15) is 0 Å². The lowest BCUT2D eigenvalue weighted by Gasteiger charge is -2.23. The molecule has 5 nitrogen and oxygen atoms in total. The summed E-state index contributed by atoms with van der Waals surface area (Å²) in [6.45, 7) is 2.17. The molecule has 0 radical (unpaired) electrons. The largest absolute Gasteiger partial charge is 0.356 e. The Bertz CT molecular complexity index is 869. The highest BCUT2D eigenvalue weighted by Gasteiger charge is 2.19. The third kappa shape index (κ3) is 5.56. The minimum Gasteiger partial charge on any atom is -0.356 e. The fourth-order valence-corrected chi connectivity index (χ4v) is 3.62. The number of nitrogens with zero attached hydrogens (tertiary/aromatic N) is 1. The molecule has 140 valence electrons. The van der Waals surface area contributed by atoms with Crippen molar-refractivity contribution in [1.29, 1.82) is 0 Å². The van der Waals surface area contributed by atoms with Crippen LogP contribution in [0.25, 0.3) is 0 Å². The molecule has 2 aromatic rings. The fraction of sp³-hybridized carbons (Fsp3) is 0.316. The monoisotopic (exact) mass is 378 g/mol. The van der Waals surface area contributed by atoms with Crippen LogP contribution in [0.3, 0.4) is 0 Å². The molecule has 7 heteroatoms. The van der Waals surface area contributed by atoms with Crippen molar-refractivity contribution in [2.45, 2.75) is 19.8 Å². The summed E-state index contributed by atoms with van der Waals surface area (Å²) in [5.41, 5.74) is 1.91. The second-order valence-corrected chi connectivity index (χ2v) is 7.97. The highest BCUT2D eigenvalue weighted by molar-refractivity contribution is 7.92. The number of nitrogens with one attached hydrogen (secondary N) is 1. The van der Waals surface area contributed by atoms with Crippen LogP contribution in [-0.4, -0.2) is 33.7 Å². The summed E-state index contributed by atoms with van der Waals surface area (Å²) >= 11 is 0. The van der Waals surface area contributed by atoms with Gasteiger partial charge in [-0.25, -0.2) is 12.8 Å². The summed E-state index contributed by atoms with van der Waals surface area (Å²) < 4.78 is 38.9. The zero-order chi connectivity index (χ0) is 19.2. The Balaban J connectivity index is 1.91. The van der Waals surface area contributed by atoms with Crippen LogP contribution >= 0.6 is 0 Å². The highest BCUT2D eigenvalue weighted by atomic mass is 32.2. The molecule has 1 N–H and O–H groups in total. The van der Waals surface area contributed by atoms with E-state index in [1.165, 1.54) is 10.4 Å². The Morgan fingerprint density at radius 3 is 2.42 bits per heavy atom. The number of aryl methyl sites for hydroxylation is 1. The molecule has 0 bridgehead atoms. The molecule has 0 fully saturated rings. The number of halogens is 1. The van der Waals surface area contributed by atoms with E-state index in [1.54, 1.807) is 30.3 Å². The predicted molar refractivity (Wildman–Crippen MR) is 101 cm³/mol. The zero-order valence-corrected chi connectivity index (χ0v) is 15.7. The molecular formula is C19H23FN2O3S. The van der Waals surface area contributed by atoms with Gasteiger partial charge in [-0.15, -0.1) is 0 Å². The number of benzene rings is 2. The normalized spacial score (nSPS) is 11.2. The van der Waals surface area contributed by atoms with Crippen molar-refractivity contribution < 1.29 is 17.6 Å². The van der Waals surface area contributed by atoms with Crippen molar-refractivity contribution in [3.8, 4) is 0 Å². The van der Waals surface area contributed by atoms with Crippen LogP contribution in [0.4, 0.5) is 10.1 Å². The zero-order valence-electron chi connectivity index (χ0n) is 14.9. The topological polar surface area (TPSA) is 66.5 Å². The molecule has 0 aromatic heterocycles. The van der Waals surface area contributed by atoms with Crippen LogP contribution in [-0.2, 0) is 21.2 Å². The number of hydrogen-bond acceptors (Lipinski definition) is 3. The second-order valence-electron chi connectivity index (χ2n) is 6.06. The lowest BCUT2D eigenvalue weighted by molar-refractivity contribution is -0.120. The van der Waals surface area contributed by atoms with E-state index >= 15 is 0 Å². The van der Waals surface area contributed by atoms with Gasteiger partial charge in [-0.05, 0) is 36.6 Å². The highest BCUT2D eigenvalue weighted by Crippen LogP contribution is 2.22. The Labute approximate surface area is 153 Å². The molecule has 2 aromatic carbocycles. The van der Waals surface area contributed by atoms with E-state index in [4.69, 9.17) is 0 Å². The summed E-state index contributed by atoms with van der Waals surface area (Å²) in [7, 11) is -3.50. The number of amides is 1. The molecule has 2 rings (SSSR count). The summed E-state index contributed by atoms with van der Waals surface area (Å²) in [4.78, 5) is 12.0. The van der Waals surface area contributed by atoms with Crippen molar-refractivity contribution in [3.63, 3.8) is 0 Å². The Morgan fingerprint density at radius 2 is 1.77 bits per heavy atom. The van der Waals surface area contributed by atoms with E-state index in [0.29, 0.717) is 24.2 Å². The third-order valence-electron chi connectivity index (χ3n) is 4.00. The van der Waals surface area contributed by atoms with Gasteiger partial charge in [-0.1, -0.05) is 36.4 Å². The number of carbonyl (C=O) groups excluding carboxylic acids is 1. The molecule has 0 spiro atoms. The lowest BCUT2D eigenvalue weighted by Crippen LogP contribution is -2.35. The van der Waals surface area contributed by atoms with E-state index in [0.717, 1.165) is 11.8 Å². The van der Waals surface area contributed by atoms with Gasteiger partial charge in [0.15, 0.2) is 0 Å². The molecule has 0 heterocycles. The summed E-state index contributed by atoms with van der Waals surface area (Å²) in [6.07, 6.45) is 1.53. The third-order valence-corrected chi connectivity index (χ3v) is 5.18. The molecular weight excluding hydrogens is 355 g/mol. The minimum absolute atomic E-state index is 0.0265. The van der Waals surface area contributed by atoms with E-state index in [-0.39, 0.29) is 24.7 Å². The molecule has 0 aliphatic carbocycles. The Hall–Kier alpha value is -2.41. The standard InChI is InChI=1S/C19H23FN2O3S/c1-15-7-3-6-10-18(15)22(26(2,24)25)14-12-19(23)21-13-11-16-8-4-5-9-17(16)20/h3-10H,11-14H2,1-2H3,(H,21,23). The van der Waals surface area contributed by atoms with Gasteiger partial charge in [0, 0.05) is 19.5 Å². The Morgan fingerprint density at radius 1 is 1.12 bits per heavy atom. The number of sulfonamides is 1. The average molecular weight is 378 g/mol. The molecule has 0 unspecified atom stereocenters. The molecule has 1 amide bonds. The van der Waals surface area contributed by atoms with Crippen molar-refractivity contribution in [1.82, 2.24) is 5.32 Å². The quantitative estimate of drug-likeness (QED) is 0.768. The number of hydrogen-bond donors (Lipinski definition) is 1. The number of anilines is 1. The van der Waals surface area contributed by atoms with Gasteiger partial charge >= 0.3 is 0 Å². The van der Waals surface area contributed by atoms with Crippen LogP contribution in [0.2, 0.25) is 0 Å². The number of para-hydroxylation sites is 1. The molecule has 0 saturated carbocycles. The molecule has 26 heavy (non-hydrogen) atoms. The predicted octanol–water partition coefficient (Wildman–Crippen LogP) is 2.65. The van der Waals surface area contributed by atoms with Crippen LogP contribution in [0, 0.1) is 12.7 Å². The SMILES string of the molecule is Cc1ccccc1N(CCC(=O)NCCc1ccccc1F)S(C)(=O)=O. The first-order valence-corrected chi connectivity index (χ1v) is 10.2. The van der Waals surface area contributed by atoms with E-state index in [9.17, 15) is 17.6 Å². The van der Waals surface area contributed by atoms with Crippen LogP contribution < -0.4 is 9.62 Å². The first-order valence-electron chi connectivity index (χ1n) is 8.32. The summed E-state index contributed by atoms with van der Waals surface area (Å²) in [6, 6.07) is 13.5. The average Bonchev–Trinajstić information content (AvgIpc) is 2.57. The number of carbonyl (C=O) groups is 1. The fourth-order valence-electron chi connectivity index (χ4n) is 2.64. The van der Waals surface area contributed by atoms with Crippen LogP contribution in [0.5, 0.6) is 0 Å². The van der Waals surface area contributed by atoms with Gasteiger partial charge in [-0.3, -0.25) is 9.10 Å². The minimum atomic E-state index is -3.50. The van der Waals surface area contributed by atoms with Gasteiger partial charge in [0.1, 0.15) is 5.82 Å². The lowest BCUT2D eigenvalue weighted by atomic mass is 10.1. The van der Waals surface area contributed by atoms with Gasteiger partial charge in [0.25, 0.3) is 0 Å². The summed E-state index contributed by atoms with van der Waals surface area (Å²) in [5.74, 6) is -0.576. The van der Waals surface area contributed by atoms with E-state index in [2.05, 4.69) is 5.32 Å². The van der Waals surface area contributed by atoms with E-state index < -0.39 is 10.0 Å². The molecule has 0 aliphatic rings. The molecule has 0 saturated heterocycles. The van der Waals surface area contributed by atoms with Crippen molar-refractivity contribution in [2.24, 2.45) is 0 Å². The maximum atomic E-state index is 13.5. The molecule has 0 aliphatic heterocycles. The van der Waals surface area contributed by atoms with Crippen molar-refractivity contribution in [3.05, 3.63) is 65.5 Å². The van der Waals surface area contributed by atoms with Gasteiger partial charge < -0.3 is 5.32 Å². The smallest absolute Gasteiger partial charge is 0.232 e. The van der Waals surface area contributed by atoms with Gasteiger partial charge in [0.2, 0.25) is 15.9 Å². The maximum Gasteiger partial charge on any atom is 0.232 e. The Kier molecular flexibility index (Phi) is 6.74. The summed E-state index contributed by atoms with van der Waals surface area (Å²) in [5, 5.41) is 2.70. The van der Waals surface area contributed by atoms with Crippen molar-refractivity contribution >= 4 is 21.6 Å². The number of rotatable bonds is 8. The second kappa shape index (κ2) is 8.80. The van der Waals surface area contributed by atoms with E-state index in [1.807, 2.05) is 19.1 Å². The van der Waals surface area contributed by atoms with Crippen LogP contribution in [0.1, 0.15) is 17.5 Å². The van der Waals surface area contributed by atoms with Crippen molar-refractivity contribution in [2.75, 3.05) is 23.7 Å². The van der Waals surface area contributed by atoms with Gasteiger partial charge in [0.05, 0.1) is 11.9 Å². The van der Waals surface area contributed by atoms with Crippen LogP contribution in [0.15, 0.2) is 48.5 Å². The first-order chi connectivity index (χ1) is 12.3.